The van der Waals surface area contributed by atoms with Crippen LogP contribution in [0.4, 0.5) is 11.5 Å². The van der Waals surface area contributed by atoms with Crippen molar-refractivity contribution in [2.24, 2.45) is 0 Å². The zero-order valence-electron chi connectivity index (χ0n) is 10.9. The molecule has 0 radical (unpaired) electrons. The number of phenols is 1. The number of aromatic nitrogens is 3. The first-order valence-electron chi connectivity index (χ1n) is 6.23. The number of nitrogens with one attached hydrogen (secondary N) is 1. The molecule has 0 aliphatic rings. The highest BCUT2D eigenvalue weighted by molar-refractivity contribution is 6.29. The van der Waals surface area contributed by atoms with Crippen molar-refractivity contribution in [2.45, 2.75) is 0 Å². The molecule has 104 valence electrons. The van der Waals surface area contributed by atoms with Gasteiger partial charge in [0.2, 0.25) is 0 Å². The molecule has 0 bridgehead atoms. The van der Waals surface area contributed by atoms with E-state index in [4.69, 9.17) is 11.6 Å². The van der Waals surface area contributed by atoms with Crippen LogP contribution >= 0.6 is 11.6 Å². The Morgan fingerprint density at radius 2 is 1.90 bits per heavy atom. The monoisotopic (exact) mass is 298 g/mol. The minimum Gasteiger partial charge on any atom is -0.508 e. The normalized spacial score (nSPS) is 10.3. The molecule has 3 aromatic rings. The van der Waals surface area contributed by atoms with E-state index >= 15 is 0 Å². The fourth-order valence-electron chi connectivity index (χ4n) is 1.82. The highest BCUT2D eigenvalue weighted by Gasteiger charge is 2.07. The van der Waals surface area contributed by atoms with Crippen LogP contribution in [0.5, 0.6) is 5.75 Å². The summed E-state index contributed by atoms with van der Waals surface area (Å²) < 4.78 is 0. The molecule has 0 aliphatic carbocycles. The molecule has 0 fully saturated rings. The summed E-state index contributed by atoms with van der Waals surface area (Å²) in [7, 11) is 0. The van der Waals surface area contributed by atoms with E-state index in [-0.39, 0.29) is 5.75 Å². The van der Waals surface area contributed by atoms with E-state index in [9.17, 15) is 5.11 Å². The lowest BCUT2D eigenvalue weighted by Gasteiger charge is -2.08. The lowest BCUT2D eigenvalue weighted by Crippen LogP contribution is -1.98. The molecule has 1 aromatic carbocycles. The third kappa shape index (κ3) is 3.27. The maximum absolute atomic E-state index is 9.47. The average Bonchev–Trinajstić information content (AvgIpc) is 2.47. The Balaban J connectivity index is 1.95. The minimum atomic E-state index is 0.171. The summed E-state index contributed by atoms with van der Waals surface area (Å²) in [4.78, 5) is 12.7. The van der Waals surface area contributed by atoms with Gasteiger partial charge in [-0.05, 0) is 24.3 Å². The average molecular weight is 299 g/mol. The maximum Gasteiger partial charge on any atom is 0.181 e. The van der Waals surface area contributed by atoms with E-state index in [1.165, 1.54) is 0 Å². The van der Waals surface area contributed by atoms with Crippen molar-refractivity contribution in [1.29, 1.82) is 0 Å². The molecule has 0 aliphatic heterocycles. The van der Waals surface area contributed by atoms with Gasteiger partial charge in [0.15, 0.2) is 5.82 Å². The number of benzene rings is 1. The second-order valence-electron chi connectivity index (χ2n) is 4.29. The van der Waals surface area contributed by atoms with Gasteiger partial charge in [-0.3, -0.25) is 4.98 Å². The summed E-state index contributed by atoms with van der Waals surface area (Å²) in [5.41, 5.74) is 1.34. The Labute approximate surface area is 126 Å². The Morgan fingerprint density at radius 1 is 1.00 bits per heavy atom. The lowest BCUT2D eigenvalue weighted by atomic mass is 10.3. The molecule has 6 heteroatoms. The number of hydrogen-bond acceptors (Lipinski definition) is 5. The van der Waals surface area contributed by atoms with Gasteiger partial charge >= 0.3 is 0 Å². The molecule has 0 saturated heterocycles. The largest absolute Gasteiger partial charge is 0.508 e. The van der Waals surface area contributed by atoms with E-state index < -0.39 is 0 Å². The molecule has 3 rings (SSSR count). The third-order valence-electron chi connectivity index (χ3n) is 2.71. The number of aromatic hydroxyl groups is 1. The van der Waals surface area contributed by atoms with Gasteiger partial charge in [0.1, 0.15) is 22.4 Å². The summed E-state index contributed by atoms with van der Waals surface area (Å²) in [6.07, 6.45) is 1.67. The Hall–Kier alpha value is -2.66. The van der Waals surface area contributed by atoms with E-state index in [0.29, 0.717) is 28.2 Å². The fourth-order valence-corrected chi connectivity index (χ4v) is 2.01. The molecule has 21 heavy (non-hydrogen) atoms. The highest BCUT2D eigenvalue weighted by atomic mass is 35.5. The first-order valence-corrected chi connectivity index (χ1v) is 6.60. The highest BCUT2D eigenvalue weighted by Crippen LogP contribution is 2.23. The topological polar surface area (TPSA) is 70.9 Å². The van der Waals surface area contributed by atoms with E-state index in [1.807, 2.05) is 24.3 Å². The van der Waals surface area contributed by atoms with Crippen LogP contribution in [0, 0.1) is 0 Å². The minimum absolute atomic E-state index is 0.171. The molecule has 0 atom stereocenters. The number of rotatable bonds is 3. The zero-order valence-corrected chi connectivity index (χ0v) is 11.6. The van der Waals surface area contributed by atoms with Gasteiger partial charge in [0.05, 0.1) is 0 Å². The molecule has 0 unspecified atom stereocenters. The van der Waals surface area contributed by atoms with Crippen LogP contribution in [0.1, 0.15) is 0 Å². The van der Waals surface area contributed by atoms with Gasteiger partial charge in [-0.25, -0.2) is 9.97 Å². The number of nitrogens with zero attached hydrogens (tertiary/aromatic N) is 3. The van der Waals surface area contributed by atoms with Gasteiger partial charge in [-0.2, -0.15) is 0 Å². The maximum atomic E-state index is 9.47. The van der Waals surface area contributed by atoms with Crippen LogP contribution in [0.15, 0.2) is 54.7 Å². The van der Waals surface area contributed by atoms with Crippen LogP contribution in [0.3, 0.4) is 0 Å². The van der Waals surface area contributed by atoms with Crippen molar-refractivity contribution in [1.82, 2.24) is 15.0 Å². The summed E-state index contributed by atoms with van der Waals surface area (Å²) in [5, 5.41) is 12.9. The predicted molar refractivity (Wildman–Crippen MR) is 81.7 cm³/mol. The van der Waals surface area contributed by atoms with Crippen molar-refractivity contribution in [2.75, 3.05) is 5.32 Å². The summed E-state index contributed by atoms with van der Waals surface area (Å²) in [6.45, 7) is 0. The summed E-state index contributed by atoms with van der Waals surface area (Å²) >= 11 is 6.03. The Kier molecular flexibility index (Phi) is 3.66. The van der Waals surface area contributed by atoms with E-state index in [1.54, 1.807) is 30.5 Å². The van der Waals surface area contributed by atoms with Crippen molar-refractivity contribution < 1.29 is 5.11 Å². The first kappa shape index (κ1) is 13.3. The molecular weight excluding hydrogens is 288 g/mol. The number of hydrogen-bond donors (Lipinski definition) is 2. The van der Waals surface area contributed by atoms with Crippen molar-refractivity contribution >= 4 is 23.1 Å². The van der Waals surface area contributed by atoms with Gasteiger partial charge in [-0.1, -0.05) is 23.7 Å². The van der Waals surface area contributed by atoms with Crippen LogP contribution in [0.25, 0.3) is 11.5 Å². The van der Waals surface area contributed by atoms with Crippen LogP contribution in [0.2, 0.25) is 5.15 Å². The molecular formula is C15H11ClN4O. The molecule has 2 N–H and O–H groups in total. The molecule has 0 saturated carbocycles. The summed E-state index contributed by atoms with van der Waals surface area (Å²) in [5.74, 6) is 1.14. The van der Waals surface area contributed by atoms with Crippen molar-refractivity contribution in [3.05, 3.63) is 59.9 Å². The van der Waals surface area contributed by atoms with Gasteiger partial charge in [0, 0.05) is 24.0 Å². The molecule has 5 nitrogen and oxygen atoms in total. The second-order valence-corrected chi connectivity index (χ2v) is 4.68. The fraction of sp³-hybridized carbons (Fsp3) is 0. The number of phenolic OH excluding ortho intramolecular Hbond substituents is 1. The van der Waals surface area contributed by atoms with Gasteiger partial charge in [0.25, 0.3) is 0 Å². The zero-order chi connectivity index (χ0) is 14.7. The Morgan fingerprint density at radius 3 is 2.67 bits per heavy atom. The molecule has 2 aromatic heterocycles. The molecule has 2 heterocycles. The first-order chi connectivity index (χ1) is 10.2. The van der Waals surface area contributed by atoms with Gasteiger partial charge < -0.3 is 10.4 Å². The van der Waals surface area contributed by atoms with Crippen molar-refractivity contribution in [3.63, 3.8) is 0 Å². The van der Waals surface area contributed by atoms with Crippen LogP contribution < -0.4 is 5.32 Å². The second kappa shape index (κ2) is 5.76. The standard InChI is InChI=1S/C15H11ClN4O/c16-13-9-14(18-10-4-3-5-11(21)8-10)20-15(19-13)12-6-1-2-7-17-12/h1-9,21H,(H,18,19,20). The number of anilines is 2. The lowest BCUT2D eigenvalue weighted by molar-refractivity contribution is 0.475. The number of halogens is 1. The van der Waals surface area contributed by atoms with E-state index in [0.717, 1.165) is 0 Å². The van der Waals surface area contributed by atoms with Crippen molar-refractivity contribution in [3.8, 4) is 17.3 Å². The Bertz CT molecular complexity index is 765. The van der Waals surface area contributed by atoms with E-state index in [2.05, 4.69) is 20.3 Å². The van der Waals surface area contributed by atoms with Crippen LogP contribution in [-0.4, -0.2) is 20.1 Å². The predicted octanol–water partition coefficient (Wildman–Crippen LogP) is 3.64. The van der Waals surface area contributed by atoms with Gasteiger partial charge in [-0.15, -0.1) is 0 Å². The summed E-state index contributed by atoms with van der Waals surface area (Å²) in [6, 6.07) is 13.8. The quantitative estimate of drug-likeness (QED) is 0.722. The van der Waals surface area contributed by atoms with Crippen LogP contribution in [-0.2, 0) is 0 Å². The SMILES string of the molecule is Oc1cccc(Nc2cc(Cl)nc(-c3ccccn3)n2)c1. The molecule has 0 spiro atoms. The number of pyridine rings is 1. The molecule has 0 amide bonds. The smallest absolute Gasteiger partial charge is 0.181 e. The third-order valence-corrected chi connectivity index (χ3v) is 2.90.